The first-order valence-corrected chi connectivity index (χ1v) is 7.53. The molecule has 1 atom stereocenters. The Kier molecular flexibility index (Phi) is 4.36. The van der Waals surface area contributed by atoms with Crippen LogP contribution < -0.4 is 10.6 Å². The highest BCUT2D eigenvalue weighted by molar-refractivity contribution is 5.96. The van der Waals surface area contributed by atoms with Crippen LogP contribution in [0.3, 0.4) is 0 Å². The molecule has 2 amide bonds. The number of aromatic nitrogens is 2. The number of nitrogens with one attached hydrogen (secondary N) is 3. The molecular formula is C16H17FN4O2. The molecule has 7 heteroatoms. The van der Waals surface area contributed by atoms with E-state index in [-0.39, 0.29) is 23.3 Å². The van der Waals surface area contributed by atoms with E-state index in [1.165, 1.54) is 12.1 Å². The molecule has 120 valence electrons. The molecule has 1 aliphatic heterocycles. The molecule has 1 fully saturated rings. The van der Waals surface area contributed by atoms with E-state index < -0.39 is 6.04 Å². The summed E-state index contributed by atoms with van der Waals surface area (Å²) in [4.78, 5) is 24.1. The fourth-order valence-corrected chi connectivity index (χ4v) is 2.52. The summed E-state index contributed by atoms with van der Waals surface area (Å²) in [7, 11) is 0. The minimum absolute atomic E-state index is 0.158. The molecule has 0 aliphatic carbocycles. The van der Waals surface area contributed by atoms with Gasteiger partial charge in [-0.1, -0.05) is 0 Å². The van der Waals surface area contributed by atoms with Crippen LogP contribution in [0.15, 0.2) is 30.3 Å². The van der Waals surface area contributed by atoms with Gasteiger partial charge in [-0.2, -0.15) is 5.10 Å². The molecule has 1 aliphatic rings. The zero-order chi connectivity index (χ0) is 16.2. The molecule has 3 rings (SSSR count). The predicted molar refractivity (Wildman–Crippen MR) is 82.1 cm³/mol. The van der Waals surface area contributed by atoms with Crippen molar-refractivity contribution in [1.29, 1.82) is 0 Å². The van der Waals surface area contributed by atoms with Crippen molar-refractivity contribution >= 4 is 11.8 Å². The van der Waals surface area contributed by atoms with Crippen molar-refractivity contribution in [3.05, 3.63) is 41.8 Å². The van der Waals surface area contributed by atoms with Gasteiger partial charge in [0.2, 0.25) is 5.91 Å². The monoisotopic (exact) mass is 316 g/mol. The van der Waals surface area contributed by atoms with Crippen LogP contribution in [-0.2, 0) is 4.79 Å². The standard InChI is InChI=1S/C16H17FN4O2/c17-11-6-4-10(5-7-11)13-9-14(21-20-13)16(23)19-12-3-1-2-8-18-15(12)22/h4-7,9,12H,1-3,8H2,(H,18,22)(H,19,23)(H,20,21). The third-order valence-electron chi connectivity index (χ3n) is 3.80. The number of hydrogen-bond donors (Lipinski definition) is 3. The number of carbonyl (C=O) groups is 2. The van der Waals surface area contributed by atoms with Crippen LogP contribution in [-0.4, -0.2) is 34.6 Å². The molecule has 0 radical (unpaired) electrons. The molecule has 2 heterocycles. The molecule has 23 heavy (non-hydrogen) atoms. The number of carbonyl (C=O) groups excluding carboxylic acids is 2. The molecule has 1 aromatic heterocycles. The molecule has 0 saturated carbocycles. The highest BCUT2D eigenvalue weighted by Gasteiger charge is 2.23. The van der Waals surface area contributed by atoms with Crippen LogP contribution in [0, 0.1) is 5.82 Å². The van der Waals surface area contributed by atoms with E-state index in [1.807, 2.05) is 0 Å². The maximum absolute atomic E-state index is 12.9. The van der Waals surface area contributed by atoms with Crippen LogP contribution in [0.1, 0.15) is 29.8 Å². The Morgan fingerprint density at radius 2 is 2.04 bits per heavy atom. The summed E-state index contributed by atoms with van der Waals surface area (Å²) < 4.78 is 12.9. The van der Waals surface area contributed by atoms with Gasteiger partial charge in [0.05, 0.1) is 5.69 Å². The lowest BCUT2D eigenvalue weighted by atomic mass is 10.1. The van der Waals surface area contributed by atoms with E-state index in [0.717, 1.165) is 12.8 Å². The van der Waals surface area contributed by atoms with Crippen molar-refractivity contribution in [3.8, 4) is 11.3 Å². The van der Waals surface area contributed by atoms with Crippen molar-refractivity contribution in [2.24, 2.45) is 0 Å². The summed E-state index contributed by atoms with van der Waals surface area (Å²) in [6, 6.07) is 6.90. The van der Waals surface area contributed by atoms with Crippen molar-refractivity contribution in [2.45, 2.75) is 25.3 Å². The van der Waals surface area contributed by atoms with E-state index in [9.17, 15) is 14.0 Å². The summed E-state index contributed by atoms with van der Waals surface area (Å²) >= 11 is 0. The lowest BCUT2D eigenvalue weighted by Gasteiger charge is -2.14. The first-order valence-electron chi connectivity index (χ1n) is 7.53. The quantitative estimate of drug-likeness (QED) is 0.804. The Morgan fingerprint density at radius 3 is 2.83 bits per heavy atom. The summed E-state index contributed by atoms with van der Waals surface area (Å²) in [6.07, 6.45) is 2.42. The van der Waals surface area contributed by atoms with Gasteiger partial charge in [0.25, 0.3) is 5.91 Å². The third-order valence-corrected chi connectivity index (χ3v) is 3.80. The van der Waals surface area contributed by atoms with Crippen molar-refractivity contribution < 1.29 is 14.0 Å². The number of hydrogen-bond acceptors (Lipinski definition) is 3. The van der Waals surface area contributed by atoms with Gasteiger partial charge in [-0.15, -0.1) is 0 Å². The first kappa shape index (κ1) is 15.2. The van der Waals surface area contributed by atoms with Crippen LogP contribution in [0.25, 0.3) is 11.3 Å². The molecular weight excluding hydrogens is 299 g/mol. The molecule has 1 aromatic carbocycles. The van der Waals surface area contributed by atoms with Gasteiger partial charge in [0.1, 0.15) is 17.6 Å². The normalized spacial score (nSPS) is 18.1. The molecule has 3 N–H and O–H groups in total. The topological polar surface area (TPSA) is 86.9 Å². The number of amides is 2. The predicted octanol–water partition coefficient (Wildman–Crippen LogP) is 1.61. The van der Waals surface area contributed by atoms with Gasteiger partial charge in [-0.05, 0) is 49.6 Å². The minimum Gasteiger partial charge on any atom is -0.354 e. The average molecular weight is 316 g/mol. The van der Waals surface area contributed by atoms with Crippen LogP contribution in [0.4, 0.5) is 4.39 Å². The molecule has 2 aromatic rings. The van der Waals surface area contributed by atoms with Gasteiger partial charge in [-0.25, -0.2) is 4.39 Å². The molecule has 6 nitrogen and oxygen atoms in total. The maximum Gasteiger partial charge on any atom is 0.269 e. The van der Waals surface area contributed by atoms with Gasteiger partial charge < -0.3 is 10.6 Å². The Balaban J connectivity index is 1.70. The summed E-state index contributed by atoms with van der Waals surface area (Å²) in [6.45, 7) is 0.643. The zero-order valence-corrected chi connectivity index (χ0v) is 12.4. The number of rotatable bonds is 3. The zero-order valence-electron chi connectivity index (χ0n) is 12.4. The maximum atomic E-state index is 12.9. The lowest BCUT2D eigenvalue weighted by Crippen LogP contribution is -2.45. The van der Waals surface area contributed by atoms with Crippen LogP contribution >= 0.6 is 0 Å². The number of H-pyrrole nitrogens is 1. The van der Waals surface area contributed by atoms with E-state index in [1.54, 1.807) is 18.2 Å². The van der Waals surface area contributed by atoms with Gasteiger partial charge in [0, 0.05) is 12.1 Å². The lowest BCUT2D eigenvalue weighted by molar-refractivity contribution is -0.122. The van der Waals surface area contributed by atoms with E-state index in [0.29, 0.717) is 24.2 Å². The van der Waals surface area contributed by atoms with Crippen LogP contribution in [0.2, 0.25) is 0 Å². The van der Waals surface area contributed by atoms with Gasteiger partial charge in [0.15, 0.2) is 0 Å². The second-order valence-electron chi connectivity index (χ2n) is 5.49. The number of benzene rings is 1. The Bertz CT molecular complexity index is 711. The van der Waals surface area contributed by atoms with Gasteiger partial charge in [-0.3, -0.25) is 14.7 Å². The minimum atomic E-state index is -0.525. The largest absolute Gasteiger partial charge is 0.354 e. The molecule has 1 saturated heterocycles. The molecule has 1 unspecified atom stereocenters. The smallest absolute Gasteiger partial charge is 0.269 e. The van der Waals surface area contributed by atoms with Crippen molar-refractivity contribution in [3.63, 3.8) is 0 Å². The number of aromatic amines is 1. The highest BCUT2D eigenvalue weighted by Crippen LogP contribution is 2.18. The van der Waals surface area contributed by atoms with E-state index in [4.69, 9.17) is 0 Å². The summed E-state index contributed by atoms with van der Waals surface area (Å²) in [5, 5.41) is 12.2. The Labute approximate surface area is 132 Å². The second-order valence-corrected chi connectivity index (χ2v) is 5.49. The van der Waals surface area contributed by atoms with E-state index in [2.05, 4.69) is 20.8 Å². The fourth-order valence-electron chi connectivity index (χ4n) is 2.52. The third kappa shape index (κ3) is 3.56. The van der Waals surface area contributed by atoms with Crippen molar-refractivity contribution in [2.75, 3.05) is 6.54 Å². The fraction of sp³-hybridized carbons (Fsp3) is 0.312. The number of halogens is 1. The van der Waals surface area contributed by atoms with Gasteiger partial charge >= 0.3 is 0 Å². The molecule has 0 spiro atoms. The highest BCUT2D eigenvalue weighted by atomic mass is 19.1. The average Bonchev–Trinajstić information content (AvgIpc) is 2.95. The Morgan fingerprint density at radius 1 is 1.26 bits per heavy atom. The van der Waals surface area contributed by atoms with Crippen molar-refractivity contribution in [1.82, 2.24) is 20.8 Å². The first-order chi connectivity index (χ1) is 11.1. The van der Waals surface area contributed by atoms with Crippen LogP contribution in [0.5, 0.6) is 0 Å². The number of nitrogens with zero attached hydrogens (tertiary/aromatic N) is 1. The SMILES string of the molecule is O=C(NC1CCCCNC1=O)c1cc(-c2ccc(F)cc2)n[nH]1. The molecule has 0 bridgehead atoms. The van der Waals surface area contributed by atoms with E-state index >= 15 is 0 Å². The Hall–Kier alpha value is -2.70. The summed E-state index contributed by atoms with van der Waals surface area (Å²) in [5.41, 5.74) is 1.51. The second kappa shape index (κ2) is 6.60. The summed E-state index contributed by atoms with van der Waals surface area (Å²) in [5.74, 6) is -0.872.